The van der Waals surface area contributed by atoms with Crippen molar-refractivity contribution >= 4 is 5.91 Å². The summed E-state index contributed by atoms with van der Waals surface area (Å²) in [5.74, 6) is 3.30. The molecule has 1 amide bonds. The number of terminal acetylenes is 1. The minimum absolute atomic E-state index is 0.148. The molecule has 0 fully saturated rings. The maximum Gasteiger partial charge on any atom is 0.252 e. The second-order valence-electron chi connectivity index (χ2n) is 4.35. The number of benzene rings is 1. The fourth-order valence-electron chi connectivity index (χ4n) is 1.83. The Kier molecular flexibility index (Phi) is 5.44. The molecule has 19 heavy (non-hydrogen) atoms. The molecule has 0 unspecified atom stereocenters. The number of rotatable bonds is 6. The van der Waals surface area contributed by atoms with Crippen LogP contribution in [0, 0.1) is 12.3 Å². The second-order valence-corrected chi connectivity index (χ2v) is 4.35. The number of carbonyl (C=O) groups excluding carboxylic acids is 1. The maximum atomic E-state index is 12.2. The van der Waals surface area contributed by atoms with E-state index in [0.717, 1.165) is 5.75 Å². The fourth-order valence-corrected chi connectivity index (χ4v) is 1.83. The van der Waals surface area contributed by atoms with Gasteiger partial charge in [0.15, 0.2) is 0 Å². The van der Waals surface area contributed by atoms with E-state index < -0.39 is 5.54 Å². The van der Waals surface area contributed by atoms with Crippen LogP contribution in [0.2, 0.25) is 0 Å². The molecule has 0 saturated heterocycles. The first-order valence-electron chi connectivity index (χ1n) is 6.64. The van der Waals surface area contributed by atoms with Crippen LogP contribution < -0.4 is 10.1 Å². The van der Waals surface area contributed by atoms with Gasteiger partial charge in [-0.2, -0.15) is 0 Å². The van der Waals surface area contributed by atoms with Gasteiger partial charge in [0.05, 0.1) is 6.61 Å². The molecule has 1 rings (SSSR count). The van der Waals surface area contributed by atoms with Crippen LogP contribution >= 0.6 is 0 Å². The summed E-state index contributed by atoms with van der Waals surface area (Å²) in [5, 5.41) is 2.93. The van der Waals surface area contributed by atoms with E-state index in [4.69, 9.17) is 11.2 Å². The van der Waals surface area contributed by atoms with Gasteiger partial charge in [-0.05, 0) is 44.0 Å². The van der Waals surface area contributed by atoms with Gasteiger partial charge >= 0.3 is 0 Å². The zero-order valence-corrected chi connectivity index (χ0v) is 11.8. The number of ether oxygens (including phenoxy) is 1. The van der Waals surface area contributed by atoms with Crippen LogP contribution in [-0.4, -0.2) is 18.1 Å². The molecule has 0 radical (unpaired) electrons. The highest BCUT2D eigenvalue weighted by molar-refractivity contribution is 5.95. The molecule has 0 aliphatic heterocycles. The van der Waals surface area contributed by atoms with Crippen molar-refractivity contribution in [3.63, 3.8) is 0 Å². The summed E-state index contributed by atoms with van der Waals surface area (Å²) in [5.41, 5.74) is 0.0281. The first-order chi connectivity index (χ1) is 9.10. The van der Waals surface area contributed by atoms with Crippen molar-refractivity contribution in [1.82, 2.24) is 5.32 Å². The molecule has 0 heterocycles. The van der Waals surface area contributed by atoms with E-state index in [9.17, 15) is 4.79 Å². The van der Waals surface area contributed by atoms with Crippen molar-refractivity contribution in [3.8, 4) is 18.1 Å². The summed E-state index contributed by atoms with van der Waals surface area (Å²) in [6.45, 7) is 6.48. The van der Waals surface area contributed by atoms with Gasteiger partial charge < -0.3 is 10.1 Å². The third-order valence-electron chi connectivity index (χ3n) is 3.26. The third-order valence-corrected chi connectivity index (χ3v) is 3.26. The summed E-state index contributed by atoms with van der Waals surface area (Å²) in [6, 6.07) is 7.06. The van der Waals surface area contributed by atoms with E-state index in [1.165, 1.54) is 0 Å². The molecule has 0 saturated carbocycles. The number of nitrogens with one attached hydrogen (secondary N) is 1. The van der Waals surface area contributed by atoms with Crippen molar-refractivity contribution < 1.29 is 9.53 Å². The minimum Gasteiger partial charge on any atom is -0.494 e. The van der Waals surface area contributed by atoms with Gasteiger partial charge in [0.2, 0.25) is 0 Å². The lowest BCUT2D eigenvalue weighted by Gasteiger charge is -2.27. The van der Waals surface area contributed by atoms with Crippen molar-refractivity contribution in [3.05, 3.63) is 29.8 Å². The standard InChI is InChI=1S/C16H21NO2/c1-5-16(6-2,7-3)17-15(18)13-9-11-14(12-10-13)19-8-4/h1,9-12H,6-8H2,2-4H3,(H,17,18). The topological polar surface area (TPSA) is 38.3 Å². The molecular formula is C16H21NO2. The quantitative estimate of drug-likeness (QED) is 0.797. The van der Waals surface area contributed by atoms with E-state index in [1.807, 2.05) is 20.8 Å². The summed E-state index contributed by atoms with van der Waals surface area (Å²) in [7, 11) is 0. The van der Waals surface area contributed by atoms with Crippen LogP contribution in [-0.2, 0) is 0 Å². The second kappa shape index (κ2) is 6.84. The predicted octanol–water partition coefficient (Wildman–Crippen LogP) is 3.01. The van der Waals surface area contributed by atoms with Gasteiger partial charge in [-0.15, -0.1) is 6.42 Å². The first kappa shape index (κ1) is 15.1. The van der Waals surface area contributed by atoms with E-state index in [0.29, 0.717) is 25.0 Å². The molecule has 102 valence electrons. The average Bonchev–Trinajstić information content (AvgIpc) is 2.46. The number of amides is 1. The van der Waals surface area contributed by atoms with Gasteiger partial charge in [0, 0.05) is 5.56 Å². The van der Waals surface area contributed by atoms with Crippen molar-refractivity contribution in [2.24, 2.45) is 0 Å². The average molecular weight is 259 g/mol. The lowest BCUT2D eigenvalue weighted by Crippen LogP contribution is -2.46. The molecule has 0 atom stereocenters. The van der Waals surface area contributed by atoms with Crippen LogP contribution in [0.3, 0.4) is 0 Å². The highest BCUT2D eigenvalue weighted by atomic mass is 16.5. The summed E-state index contributed by atoms with van der Waals surface area (Å²) < 4.78 is 5.34. The minimum atomic E-state index is -0.560. The highest BCUT2D eigenvalue weighted by Crippen LogP contribution is 2.16. The Morgan fingerprint density at radius 2 is 1.84 bits per heavy atom. The van der Waals surface area contributed by atoms with Gasteiger partial charge in [-0.1, -0.05) is 19.8 Å². The molecule has 0 aliphatic carbocycles. The summed E-state index contributed by atoms with van der Waals surface area (Å²) in [4.78, 5) is 12.2. The van der Waals surface area contributed by atoms with Crippen molar-refractivity contribution in [2.75, 3.05) is 6.61 Å². The largest absolute Gasteiger partial charge is 0.494 e. The molecule has 1 aromatic rings. The van der Waals surface area contributed by atoms with E-state index >= 15 is 0 Å². The smallest absolute Gasteiger partial charge is 0.252 e. The Balaban J connectivity index is 2.81. The lowest BCUT2D eigenvalue weighted by molar-refractivity contribution is 0.0916. The normalized spacial score (nSPS) is 10.6. The molecule has 3 nitrogen and oxygen atoms in total. The monoisotopic (exact) mass is 259 g/mol. The molecule has 0 aromatic heterocycles. The number of carbonyl (C=O) groups is 1. The summed E-state index contributed by atoms with van der Waals surface area (Å²) in [6.07, 6.45) is 6.96. The maximum absolute atomic E-state index is 12.2. The van der Waals surface area contributed by atoms with Crippen LogP contribution in [0.1, 0.15) is 44.0 Å². The SMILES string of the molecule is C#CC(CC)(CC)NC(=O)c1ccc(OCC)cc1. The Hall–Kier alpha value is -1.95. The van der Waals surface area contributed by atoms with Gasteiger partial charge in [0.25, 0.3) is 5.91 Å². The van der Waals surface area contributed by atoms with Crippen LogP contribution in [0.15, 0.2) is 24.3 Å². The molecule has 1 N–H and O–H groups in total. The van der Waals surface area contributed by atoms with Gasteiger partial charge in [0.1, 0.15) is 11.3 Å². The molecular weight excluding hydrogens is 238 g/mol. The fraction of sp³-hybridized carbons (Fsp3) is 0.438. The Morgan fingerprint density at radius 3 is 2.26 bits per heavy atom. The Morgan fingerprint density at radius 1 is 1.26 bits per heavy atom. The summed E-state index contributed by atoms with van der Waals surface area (Å²) >= 11 is 0. The first-order valence-corrected chi connectivity index (χ1v) is 6.64. The third kappa shape index (κ3) is 3.75. The van der Waals surface area contributed by atoms with Crippen LogP contribution in [0.4, 0.5) is 0 Å². The van der Waals surface area contributed by atoms with E-state index in [2.05, 4.69) is 11.2 Å². The molecule has 1 aromatic carbocycles. The molecule has 3 heteroatoms. The highest BCUT2D eigenvalue weighted by Gasteiger charge is 2.25. The van der Waals surface area contributed by atoms with Gasteiger partial charge in [-0.3, -0.25) is 4.79 Å². The number of hydrogen-bond acceptors (Lipinski definition) is 2. The van der Waals surface area contributed by atoms with E-state index in [1.54, 1.807) is 24.3 Å². The molecule has 0 aliphatic rings. The van der Waals surface area contributed by atoms with Crippen molar-refractivity contribution in [2.45, 2.75) is 39.2 Å². The van der Waals surface area contributed by atoms with Gasteiger partial charge in [-0.25, -0.2) is 0 Å². The van der Waals surface area contributed by atoms with Crippen molar-refractivity contribution in [1.29, 1.82) is 0 Å². The Labute approximate surface area is 115 Å². The zero-order chi connectivity index (χ0) is 14.3. The molecule has 0 spiro atoms. The molecule has 0 bridgehead atoms. The zero-order valence-electron chi connectivity index (χ0n) is 11.8. The van der Waals surface area contributed by atoms with E-state index in [-0.39, 0.29) is 5.91 Å². The Bertz CT molecular complexity index is 453. The number of hydrogen-bond donors (Lipinski definition) is 1. The predicted molar refractivity (Wildman–Crippen MR) is 77.2 cm³/mol. The van der Waals surface area contributed by atoms with Crippen LogP contribution in [0.5, 0.6) is 5.75 Å². The van der Waals surface area contributed by atoms with Crippen LogP contribution in [0.25, 0.3) is 0 Å². The lowest BCUT2D eigenvalue weighted by atomic mass is 9.93.